The van der Waals surface area contributed by atoms with Crippen molar-refractivity contribution in [3.8, 4) is 5.75 Å². The molecule has 176 valence electrons. The number of hydrogen-bond donors (Lipinski definition) is 1. The molecule has 0 fully saturated rings. The maximum atomic E-state index is 13.6. The maximum absolute atomic E-state index is 13.6. The molecule has 5 nitrogen and oxygen atoms in total. The molecule has 0 bridgehead atoms. The molecule has 0 atom stereocenters. The summed E-state index contributed by atoms with van der Waals surface area (Å²) in [6.07, 6.45) is 0.109. The Morgan fingerprint density at radius 2 is 1.54 bits per heavy atom. The van der Waals surface area contributed by atoms with Crippen LogP contribution in [0.25, 0.3) is 0 Å². The van der Waals surface area contributed by atoms with Crippen LogP contribution in [0.5, 0.6) is 5.75 Å². The number of carbonyl (C=O) groups is 2. The van der Waals surface area contributed by atoms with Crippen molar-refractivity contribution in [1.29, 1.82) is 0 Å². The first-order chi connectivity index (χ1) is 17.0. The van der Waals surface area contributed by atoms with E-state index in [1.54, 1.807) is 36.3 Å². The molecule has 0 aromatic heterocycles. The average Bonchev–Trinajstić information content (AvgIpc) is 2.89. The Morgan fingerprint density at radius 3 is 2.29 bits per heavy atom. The highest BCUT2D eigenvalue weighted by Crippen LogP contribution is 2.24. The number of benzene rings is 4. The van der Waals surface area contributed by atoms with Crippen LogP contribution in [0, 0.1) is 5.82 Å². The molecular weight excluding hydrogens is 443 g/mol. The van der Waals surface area contributed by atoms with E-state index in [1.807, 2.05) is 54.6 Å². The molecule has 6 heteroatoms. The molecule has 0 aliphatic rings. The van der Waals surface area contributed by atoms with Gasteiger partial charge in [-0.25, -0.2) is 4.39 Å². The van der Waals surface area contributed by atoms with Gasteiger partial charge < -0.3 is 15.0 Å². The lowest BCUT2D eigenvalue weighted by molar-refractivity contribution is -0.115. The topological polar surface area (TPSA) is 58.6 Å². The first-order valence-corrected chi connectivity index (χ1v) is 11.2. The first-order valence-electron chi connectivity index (χ1n) is 11.2. The molecule has 0 heterocycles. The van der Waals surface area contributed by atoms with E-state index in [2.05, 4.69) is 5.32 Å². The zero-order chi connectivity index (χ0) is 24.6. The number of nitrogens with zero attached hydrogens (tertiary/aromatic N) is 1. The van der Waals surface area contributed by atoms with Crippen LogP contribution in [0.2, 0.25) is 0 Å². The lowest BCUT2D eigenvalue weighted by atomic mass is 10.1. The van der Waals surface area contributed by atoms with Crippen LogP contribution in [0.3, 0.4) is 0 Å². The van der Waals surface area contributed by atoms with E-state index in [-0.39, 0.29) is 24.1 Å². The lowest BCUT2D eigenvalue weighted by Crippen LogP contribution is -2.30. The second-order valence-corrected chi connectivity index (χ2v) is 8.01. The monoisotopic (exact) mass is 468 g/mol. The number of anilines is 2. The molecular formula is C29H25FN2O3. The van der Waals surface area contributed by atoms with Crippen molar-refractivity contribution >= 4 is 23.2 Å². The van der Waals surface area contributed by atoms with E-state index in [9.17, 15) is 14.0 Å². The Hall–Kier alpha value is -4.45. The van der Waals surface area contributed by atoms with Gasteiger partial charge in [0.25, 0.3) is 5.91 Å². The summed E-state index contributed by atoms with van der Waals surface area (Å²) in [6, 6.07) is 29.7. The number of halogens is 1. The molecule has 0 aliphatic carbocycles. The fraction of sp³-hybridized carbons (Fsp3) is 0.103. The Kier molecular flexibility index (Phi) is 7.53. The molecule has 35 heavy (non-hydrogen) atoms. The van der Waals surface area contributed by atoms with Crippen molar-refractivity contribution in [3.63, 3.8) is 0 Å². The second-order valence-electron chi connectivity index (χ2n) is 8.01. The van der Waals surface area contributed by atoms with Gasteiger partial charge in [-0.1, -0.05) is 48.5 Å². The zero-order valence-corrected chi connectivity index (χ0v) is 19.3. The normalized spacial score (nSPS) is 10.5. The molecule has 0 saturated heterocycles. The molecule has 1 N–H and O–H groups in total. The number of rotatable bonds is 8. The van der Waals surface area contributed by atoms with E-state index in [4.69, 9.17) is 4.74 Å². The van der Waals surface area contributed by atoms with Crippen LogP contribution in [0.15, 0.2) is 103 Å². The van der Waals surface area contributed by atoms with E-state index in [0.717, 1.165) is 11.1 Å². The molecule has 4 aromatic carbocycles. The van der Waals surface area contributed by atoms with Gasteiger partial charge in [0.05, 0.1) is 20.1 Å². The molecule has 0 saturated carbocycles. The van der Waals surface area contributed by atoms with Gasteiger partial charge in [-0.15, -0.1) is 0 Å². The molecule has 4 aromatic rings. The fourth-order valence-electron chi connectivity index (χ4n) is 3.72. The second kappa shape index (κ2) is 11.1. The first kappa shape index (κ1) is 23.7. The molecule has 0 spiro atoms. The van der Waals surface area contributed by atoms with E-state index < -0.39 is 0 Å². The Morgan fingerprint density at radius 1 is 0.829 bits per heavy atom. The maximum Gasteiger partial charge on any atom is 0.258 e. The van der Waals surface area contributed by atoms with Crippen LogP contribution >= 0.6 is 0 Å². The lowest BCUT2D eigenvalue weighted by Gasteiger charge is -2.24. The van der Waals surface area contributed by atoms with Gasteiger partial charge in [-0.3, -0.25) is 9.59 Å². The van der Waals surface area contributed by atoms with Crippen LogP contribution < -0.4 is 15.0 Å². The minimum atomic E-state index is -0.366. The fourth-order valence-corrected chi connectivity index (χ4v) is 3.72. The quantitative estimate of drug-likeness (QED) is 0.352. The largest absolute Gasteiger partial charge is 0.497 e. The van der Waals surface area contributed by atoms with Crippen molar-refractivity contribution in [2.45, 2.75) is 13.0 Å². The summed E-state index contributed by atoms with van der Waals surface area (Å²) in [5.74, 6) is -0.181. The molecule has 0 radical (unpaired) electrons. The minimum Gasteiger partial charge on any atom is -0.497 e. The number of methoxy groups -OCH3 is 1. The number of carbonyl (C=O) groups excluding carboxylic acids is 2. The van der Waals surface area contributed by atoms with Gasteiger partial charge in [0.1, 0.15) is 11.6 Å². The highest BCUT2D eigenvalue weighted by Gasteiger charge is 2.19. The van der Waals surface area contributed by atoms with Crippen molar-refractivity contribution < 1.29 is 18.7 Å². The third-order valence-corrected chi connectivity index (χ3v) is 5.46. The predicted octanol–water partition coefficient (Wildman–Crippen LogP) is 5.86. The summed E-state index contributed by atoms with van der Waals surface area (Å²) in [4.78, 5) is 27.8. The summed E-state index contributed by atoms with van der Waals surface area (Å²) in [6.45, 7) is 0.363. The van der Waals surface area contributed by atoms with Crippen LogP contribution in [0.1, 0.15) is 21.5 Å². The summed E-state index contributed by atoms with van der Waals surface area (Å²) in [5, 5.41) is 2.77. The third kappa shape index (κ3) is 6.32. The average molecular weight is 469 g/mol. The summed E-state index contributed by atoms with van der Waals surface area (Å²) in [5.41, 5.74) is 3.42. The van der Waals surface area contributed by atoms with Gasteiger partial charge in [0.2, 0.25) is 5.91 Å². The number of nitrogens with one attached hydrogen (secondary N) is 1. The van der Waals surface area contributed by atoms with Gasteiger partial charge in [-0.2, -0.15) is 0 Å². The van der Waals surface area contributed by atoms with Crippen molar-refractivity contribution in [2.75, 3.05) is 17.3 Å². The van der Waals surface area contributed by atoms with Crippen molar-refractivity contribution in [2.24, 2.45) is 0 Å². The SMILES string of the molecule is COc1cccc(C(=O)N(Cc2ccccc2)c2cccc(CC(=O)Nc3ccc(F)cc3)c2)c1. The molecule has 0 aliphatic heterocycles. The zero-order valence-electron chi connectivity index (χ0n) is 19.3. The van der Waals surface area contributed by atoms with Crippen molar-refractivity contribution in [1.82, 2.24) is 0 Å². The smallest absolute Gasteiger partial charge is 0.258 e. The highest BCUT2D eigenvalue weighted by atomic mass is 19.1. The minimum absolute atomic E-state index is 0.109. The predicted molar refractivity (Wildman–Crippen MR) is 135 cm³/mol. The standard InChI is InChI=1S/C29H25FN2O3/c1-35-27-12-6-10-23(19-27)29(34)32(20-21-7-3-2-4-8-21)26-11-5-9-22(17-26)18-28(33)31-25-15-13-24(30)14-16-25/h2-17,19H,18,20H2,1H3,(H,31,33). The van der Waals surface area contributed by atoms with Gasteiger partial charge in [0, 0.05) is 16.9 Å². The highest BCUT2D eigenvalue weighted by molar-refractivity contribution is 6.06. The Labute approximate surface area is 203 Å². The van der Waals surface area contributed by atoms with E-state index in [1.165, 1.54) is 24.3 Å². The van der Waals surface area contributed by atoms with Crippen LogP contribution in [-0.4, -0.2) is 18.9 Å². The number of amides is 2. The molecule has 2 amide bonds. The number of ether oxygens (including phenoxy) is 1. The van der Waals surface area contributed by atoms with Crippen LogP contribution in [-0.2, 0) is 17.8 Å². The van der Waals surface area contributed by atoms with Crippen molar-refractivity contribution in [3.05, 3.63) is 126 Å². The van der Waals surface area contributed by atoms with Gasteiger partial charge in [0.15, 0.2) is 0 Å². The molecule has 0 unspecified atom stereocenters. The number of hydrogen-bond acceptors (Lipinski definition) is 3. The third-order valence-electron chi connectivity index (χ3n) is 5.46. The van der Waals surface area contributed by atoms with E-state index in [0.29, 0.717) is 29.2 Å². The van der Waals surface area contributed by atoms with Gasteiger partial charge in [-0.05, 0) is 65.7 Å². The Bertz CT molecular complexity index is 1310. The van der Waals surface area contributed by atoms with Gasteiger partial charge >= 0.3 is 0 Å². The molecule has 4 rings (SSSR count). The van der Waals surface area contributed by atoms with E-state index >= 15 is 0 Å². The summed E-state index contributed by atoms with van der Waals surface area (Å²) >= 11 is 0. The summed E-state index contributed by atoms with van der Waals surface area (Å²) < 4.78 is 18.4. The summed E-state index contributed by atoms with van der Waals surface area (Å²) in [7, 11) is 1.56. The Balaban J connectivity index is 1.59. The van der Waals surface area contributed by atoms with Crippen LogP contribution in [0.4, 0.5) is 15.8 Å².